The zero-order valence-electron chi connectivity index (χ0n) is 14.3. The third kappa shape index (κ3) is 6.34. The summed E-state index contributed by atoms with van der Waals surface area (Å²) < 4.78 is 5.24. The monoisotopic (exact) mass is 383 g/mol. The zero-order chi connectivity index (χ0) is 18.2. The average molecular weight is 384 g/mol. The summed E-state index contributed by atoms with van der Waals surface area (Å²) in [5.41, 5.74) is 1.56. The summed E-state index contributed by atoms with van der Waals surface area (Å²) in [6.45, 7) is 5.76. The fourth-order valence-electron chi connectivity index (χ4n) is 2.16. The van der Waals surface area contributed by atoms with Gasteiger partial charge in [-0.15, -0.1) is 0 Å². The van der Waals surface area contributed by atoms with Crippen LogP contribution in [0.4, 0.5) is 5.69 Å². The van der Waals surface area contributed by atoms with Gasteiger partial charge in [0, 0.05) is 36.9 Å². The molecular weight excluding hydrogens is 362 g/mol. The number of ether oxygens (including phenoxy) is 1. The minimum Gasteiger partial charge on any atom is -0.382 e. The van der Waals surface area contributed by atoms with Crippen LogP contribution in [-0.4, -0.2) is 42.0 Å². The van der Waals surface area contributed by atoms with Gasteiger partial charge in [-0.1, -0.05) is 29.4 Å². The summed E-state index contributed by atoms with van der Waals surface area (Å²) in [6, 6.07) is 5.32. The van der Waals surface area contributed by atoms with E-state index in [0.29, 0.717) is 35.6 Å². The average Bonchev–Trinajstić information content (AvgIpc) is 2.90. The van der Waals surface area contributed by atoms with E-state index in [9.17, 15) is 9.59 Å². The molecule has 2 rings (SSSR count). The highest BCUT2D eigenvalue weighted by Crippen LogP contribution is 2.24. The normalized spacial score (nSPS) is 18.4. The van der Waals surface area contributed by atoms with Crippen LogP contribution < -0.4 is 10.6 Å². The summed E-state index contributed by atoms with van der Waals surface area (Å²) in [5, 5.41) is 6.17. The molecule has 2 N–H and O–H groups in total. The minimum atomic E-state index is -0.466. The first-order chi connectivity index (χ1) is 12.0. The molecule has 0 spiro atoms. The first kappa shape index (κ1) is 19.8. The number of carbonyl (C=O) groups is 2. The van der Waals surface area contributed by atoms with Crippen LogP contribution in [0.15, 0.2) is 23.2 Å². The molecule has 136 valence electrons. The Balaban J connectivity index is 1.81. The van der Waals surface area contributed by atoms with Gasteiger partial charge in [0.15, 0.2) is 5.17 Å². The van der Waals surface area contributed by atoms with Gasteiger partial charge < -0.3 is 15.4 Å². The number of halogens is 1. The fraction of sp³-hybridized carbons (Fsp3) is 0.471. The van der Waals surface area contributed by atoms with Gasteiger partial charge in [-0.3, -0.25) is 14.6 Å². The van der Waals surface area contributed by atoms with Crippen molar-refractivity contribution in [3.05, 3.63) is 28.8 Å². The molecule has 0 bridgehead atoms. The minimum absolute atomic E-state index is 0.0833. The van der Waals surface area contributed by atoms with E-state index in [1.165, 1.54) is 11.8 Å². The molecule has 0 unspecified atom stereocenters. The van der Waals surface area contributed by atoms with Crippen LogP contribution in [0.3, 0.4) is 0 Å². The lowest BCUT2D eigenvalue weighted by Gasteiger charge is -2.08. The van der Waals surface area contributed by atoms with Gasteiger partial charge in [0.1, 0.15) is 5.25 Å². The van der Waals surface area contributed by atoms with Gasteiger partial charge in [0.05, 0.1) is 0 Å². The van der Waals surface area contributed by atoms with Crippen LogP contribution >= 0.6 is 23.4 Å². The number of hydrogen-bond acceptors (Lipinski definition) is 5. The molecule has 1 aliphatic rings. The van der Waals surface area contributed by atoms with E-state index in [1.54, 1.807) is 12.1 Å². The van der Waals surface area contributed by atoms with Crippen molar-refractivity contribution in [3.63, 3.8) is 0 Å². The predicted octanol–water partition coefficient (Wildman–Crippen LogP) is 2.99. The number of amides is 2. The molecule has 1 aromatic carbocycles. The number of nitrogens with one attached hydrogen (secondary N) is 2. The smallest absolute Gasteiger partial charge is 0.240 e. The van der Waals surface area contributed by atoms with Gasteiger partial charge in [-0.2, -0.15) is 0 Å². The van der Waals surface area contributed by atoms with E-state index in [0.717, 1.165) is 12.0 Å². The predicted molar refractivity (Wildman–Crippen MR) is 102 cm³/mol. The Morgan fingerprint density at radius 3 is 3.00 bits per heavy atom. The van der Waals surface area contributed by atoms with Gasteiger partial charge in [0.2, 0.25) is 11.8 Å². The van der Waals surface area contributed by atoms with Crippen LogP contribution in [0, 0.1) is 6.92 Å². The zero-order valence-corrected chi connectivity index (χ0v) is 15.9. The Hall–Kier alpha value is -1.57. The molecule has 1 aliphatic heterocycles. The molecule has 0 saturated carbocycles. The van der Waals surface area contributed by atoms with Crippen molar-refractivity contribution in [1.29, 1.82) is 0 Å². The quantitative estimate of drug-likeness (QED) is 0.676. The van der Waals surface area contributed by atoms with Crippen molar-refractivity contribution in [2.24, 2.45) is 4.99 Å². The molecule has 6 nitrogen and oxygen atoms in total. The van der Waals surface area contributed by atoms with E-state index in [2.05, 4.69) is 15.6 Å². The molecule has 1 fully saturated rings. The molecule has 25 heavy (non-hydrogen) atoms. The molecule has 1 atom stereocenters. The number of rotatable bonds is 8. The highest BCUT2D eigenvalue weighted by atomic mass is 35.5. The summed E-state index contributed by atoms with van der Waals surface area (Å²) in [7, 11) is 0. The summed E-state index contributed by atoms with van der Waals surface area (Å²) in [5.74, 6) is -0.421. The number of aryl methyl sites for hydroxylation is 1. The van der Waals surface area contributed by atoms with Crippen LogP contribution in [0.25, 0.3) is 0 Å². The number of anilines is 1. The Kier molecular flexibility index (Phi) is 7.74. The van der Waals surface area contributed by atoms with E-state index in [4.69, 9.17) is 16.3 Å². The van der Waals surface area contributed by atoms with Crippen molar-refractivity contribution < 1.29 is 14.3 Å². The molecule has 0 radical (unpaired) electrons. The maximum absolute atomic E-state index is 12.1. The number of amidine groups is 1. The molecule has 2 amide bonds. The van der Waals surface area contributed by atoms with Crippen molar-refractivity contribution >= 4 is 46.0 Å². The SMILES string of the molecule is CCOCCCN=C1NC(=O)[C@H](CC(=O)Nc2ccc(C)c(Cl)c2)S1. The van der Waals surface area contributed by atoms with Crippen molar-refractivity contribution in [3.8, 4) is 0 Å². The van der Waals surface area contributed by atoms with Gasteiger partial charge in [0.25, 0.3) is 0 Å². The van der Waals surface area contributed by atoms with Crippen molar-refractivity contribution in [1.82, 2.24) is 5.32 Å². The third-order valence-electron chi connectivity index (χ3n) is 3.51. The van der Waals surface area contributed by atoms with Gasteiger partial charge >= 0.3 is 0 Å². The lowest BCUT2D eigenvalue weighted by molar-refractivity contribution is -0.122. The van der Waals surface area contributed by atoms with Gasteiger partial charge in [-0.25, -0.2) is 0 Å². The van der Waals surface area contributed by atoms with Crippen LogP contribution in [0.5, 0.6) is 0 Å². The number of aliphatic imine (C=N–C) groups is 1. The van der Waals surface area contributed by atoms with E-state index < -0.39 is 5.25 Å². The fourth-order valence-corrected chi connectivity index (χ4v) is 3.33. The van der Waals surface area contributed by atoms with E-state index in [-0.39, 0.29) is 18.2 Å². The standard InChI is InChI=1S/C17H22ClN3O3S/c1-3-24-8-4-7-19-17-21-16(23)14(25-17)10-15(22)20-12-6-5-11(2)13(18)9-12/h5-6,9,14H,3-4,7-8,10H2,1-2H3,(H,20,22)(H,19,21,23)/t14-/m0/s1. The highest BCUT2D eigenvalue weighted by molar-refractivity contribution is 8.15. The van der Waals surface area contributed by atoms with Crippen molar-refractivity contribution in [2.75, 3.05) is 25.1 Å². The second kappa shape index (κ2) is 9.79. The molecule has 0 aliphatic carbocycles. The Morgan fingerprint density at radius 2 is 2.28 bits per heavy atom. The maximum Gasteiger partial charge on any atom is 0.240 e. The first-order valence-corrected chi connectivity index (χ1v) is 9.41. The summed E-state index contributed by atoms with van der Waals surface area (Å²) in [6.07, 6.45) is 0.882. The molecule has 1 saturated heterocycles. The third-order valence-corrected chi connectivity index (χ3v) is 5.04. The molecule has 1 heterocycles. The number of hydrogen-bond donors (Lipinski definition) is 2. The van der Waals surface area contributed by atoms with Crippen LogP contribution in [0.2, 0.25) is 5.02 Å². The molecule has 1 aromatic rings. The van der Waals surface area contributed by atoms with Gasteiger partial charge in [-0.05, 0) is 38.0 Å². The number of nitrogens with zero attached hydrogens (tertiary/aromatic N) is 1. The Morgan fingerprint density at radius 1 is 1.48 bits per heavy atom. The van der Waals surface area contributed by atoms with Crippen LogP contribution in [0.1, 0.15) is 25.3 Å². The Bertz CT molecular complexity index is 667. The van der Waals surface area contributed by atoms with E-state index in [1.807, 2.05) is 19.9 Å². The van der Waals surface area contributed by atoms with Crippen molar-refractivity contribution in [2.45, 2.75) is 31.9 Å². The second-order valence-electron chi connectivity index (χ2n) is 5.55. The van der Waals surface area contributed by atoms with Crippen LogP contribution in [-0.2, 0) is 14.3 Å². The summed E-state index contributed by atoms with van der Waals surface area (Å²) >= 11 is 7.33. The number of benzene rings is 1. The topological polar surface area (TPSA) is 79.8 Å². The van der Waals surface area contributed by atoms with E-state index >= 15 is 0 Å². The highest BCUT2D eigenvalue weighted by Gasteiger charge is 2.31. The molecule has 8 heteroatoms. The number of carbonyl (C=O) groups excluding carboxylic acids is 2. The molecular formula is C17H22ClN3O3S. The second-order valence-corrected chi connectivity index (χ2v) is 7.15. The molecule has 0 aromatic heterocycles. The lowest BCUT2D eigenvalue weighted by atomic mass is 10.2. The largest absolute Gasteiger partial charge is 0.382 e. The lowest BCUT2D eigenvalue weighted by Crippen LogP contribution is -2.28. The Labute approximate surface area is 156 Å². The first-order valence-electron chi connectivity index (χ1n) is 8.15. The number of thioether (sulfide) groups is 1. The maximum atomic E-state index is 12.1. The summed E-state index contributed by atoms with van der Waals surface area (Å²) in [4.78, 5) is 28.4.